The van der Waals surface area contributed by atoms with Crippen LogP contribution in [0.1, 0.15) is 0 Å². The van der Waals surface area contributed by atoms with E-state index in [1.807, 2.05) is 16.8 Å². The van der Waals surface area contributed by atoms with Crippen LogP contribution in [0.2, 0.25) is 0 Å². The lowest BCUT2D eigenvalue weighted by Crippen LogP contribution is -2.10. The van der Waals surface area contributed by atoms with Crippen LogP contribution in [0, 0.1) is 0 Å². The summed E-state index contributed by atoms with van der Waals surface area (Å²) < 4.78 is 0. The Morgan fingerprint density at radius 1 is 1.31 bits per heavy atom. The molecule has 0 atom stereocenters. The van der Waals surface area contributed by atoms with E-state index in [2.05, 4.69) is 19.9 Å². The van der Waals surface area contributed by atoms with Crippen molar-refractivity contribution in [2.45, 2.75) is 0 Å². The average molecular weight is 233 g/mol. The van der Waals surface area contributed by atoms with Crippen molar-refractivity contribution < 1.29 is 0 Å². The molecular weight excluding hydrogens is 226 g/mol. The highest BCUT2D eigenvalue weighted by Gasteiger charge is 2.09. The Morgan fingerprint density at radius 2 is 2.19 bits per heavy atom. The maximum Gasteiger partial charge on any atom is 0.278 e. The van der Waals surface area contributed by atoms with E-state index in [0.29, 0.717) is 17.0 Å². The lowest BCUT2D eigenvalue weighted by Gasteiger charge is -1.89. The van der Waals surface area contributed by atoms with Gasteiger partial charge in [-0.25, -0.2) is 4.98 Å². The number of thiophene rings is 1. The van der Waals surface area contributed by atoms with Crippen LogP contribution in [0.25, 0.3) is 22.6 Å². The van der Waals surface area contributed by atoms with Crippen LogP contribution >= 0.6 is 11.3 Å². The molecule has 4 N–H and O–H groups in total. The zero-order chi connectivity index (χ0) is 11.1. The highest BCUT2D eigenvalue weighted by atomic mass is 32.1. The summed E-state index contributed by atoms with van der Waals surface area (Å²) in [7, 11) is 0. The SMILES string of the molecule is Nc1nc2nc(-c3ccsc3)[nH]c2c(=O)[nH]1. The highest BCUT2D eigenvalue weighted by Crippen LogP contribution is 2.20. The number of H-pyrrole nitrogens is 2. The van der Waals surface area contributed by atoms with Crippen molar-refractivity contribution >= 4 is 28.4 Å². The van der Waals surface area contributed by atoms with Crippen LogP contribution in [0.4, 0.5) is 5.95 Å². The lowest BCUT2D eigenvalue weighted by molar-refractivity contribution is 1.17. The minimum Gasteiger partial charge on any atom is -0.369 e. The molecule has 7 heteroatoms. The third-order valence-corrected chi connectivity index (χ3v) is 2.86. The predicted octanol–water partition coefficient (Wildman–Crippen LogP) is 0.957. The van der Waals surface area contributed by atoms with E-state index in [-0.39, 0.29) is 11.5 Å². The second-order valence-electron chi connectivity index (χ2n) is 3.25. The van der Waals surface area contributed by atoms with Gasteiger partial charge >= 0.3 is 0 Å². The molecule has 3 aromatic rings. The Hall–Kier alpha value is -2.15. The molecular formula is C9H7N5OS. The number of nitrogens with one attached hydrogen (secondary N) is 2. The van der Waals surface area contributed by atoms with Gasteiger partial charge in [-0.15, -0.1) is 0 Å². The molecule has 3 aromatic heterocycles. The van der Waals surface area contributed by atoms with Crippen molar-refractivity contribution in [1.82, 2.24) is 19.9 Å². The number of nitrogens with two attached hydrogens (primary N) is 1. The summed E-state index contributed by atoms with van der Waals surface area (Å²) >= 11 is 1.56. The molecule has 0 saturated heterocycles. The molecule has 3 rings (SSSR count). The summed E-state index contributed by atoms with van der Waals surface area (Å²) in [6, 6.07) is 1.92. The molecule has 0 aliphatic rings. The molecule has 0 spiro atoms. The van der Waals surface area contributed by atoms with Crippen molar-refractivity contribution in [3.63, 3.8) is 0 Å². The number of imidazole rings is 1. The fourth-order valence-electron chi connectivity index (χ4n) is 1.46. The number of nitrogen functional groups attached to an aromatic ring is 1. The van der Waals surface area contributed by atoms with E-state index in [4.69, 9.17) is 5.73 Å². The second-order valence-corrected chi connectivity index (χ2v) is 4.03. The van der Waals surface area contributed by atoms with Gasteiger partial charge in [0, 0.05) is 10.9 Å². The minimum absolute atomic E-state index is 0.0702. The fraction of sp³-hybridized carbons (Fsp3) is 0. The quantitative estimate of drug-likeness (QED) is 0.582. The minimum atomic E-state index is -0.309. The smallest absolute Gasteiger partial charge is 0.278 e. The zero-order valence-corrected chi connectivity index (χ0v) is 8.84. The molecule has 0 amide bonds. The van der Waals surface area contributed by atoms with Gasteiger partial charge in [-0.1, -0.05) is 0 Å². The van der Waals surface area contributed by atoms with Gasteiger partial charge in [0.15, 0.2) is 11.2 Å². The topological polar surface area (TPSA) is 100 Å². The Balaban J connectivity index is 2.31. The first-order chi connectivity index (χ1) is 7.74. The zero-order valence-electron chi connectivity index (χ0n) is 8.02. The standard InChI is InChI=1S/C9H7N5OS/c10-9-13-7-5(8(15)14-9)11-6(12-7)4-1-2-16-3-4/h1-3H,(H4,10,11,12,13,14,15). The third kappa shape index (κ3) is 1.29. The van der Waals surface area contributed by atoms with Crippen molar-refractivity contribution in [2.24, 2.45) is 0 Å². The Morgan fingerprint density at radius 3 is 2.94 bits per heavy atom. The van der Waals surface area contributed by atoms with Crippen LogP contribution in [0.15, 0.2) is 21.6 Å². The number of fused-ring (bicyclic) bond motifs is 1. The molecule has 3 heterocycles. The molecule has 0 fully saturated rings. The summed E-state index contributed by atoms with van der Waals surface area (Å²) in [5, 5.41) is 3.88. The molecule has 6 nitrogen and oxygen atoms in total. The maximum atomic E-state index is 11.5. The summed E-state index contributed by atoms with van der Waals surface area (Å²) in [5.41, 5.74) is 6.74. The monoisotopic (exact) mass is 233 g/mol. The van der Waals surface area contributed by atoms with E-state index >= 15 is 0 Å². The summed E-state index contributed by atoms with van der Waals surface area (Å²) in [4.78, 5) is 25.0. The largest absolute Gasteiger partial charge is 0.369 e. The Kier molecular flexibility index (Phi) is 1.80. The van der Waals surface area contributed by atoms with Gasteiger partial charge in [0.25, 0.3) is 5.56 Å². The van der Waals surface area contributed by atoms with E-state index in [9.17, 15) is 4.79 Å². The van der Waals surface area contributed by atoms with Crippen LogP contribution in [-0.2, 0) is 0 Å². The molecule has 0 aliphatic heterocycles. The van der Waals surface area contributed by atoms with Crippen LogP contribution in [-0.4, -0.2) is 19.9 Å². The molecule has 0 saturated carbocycles. The predicted molar refractivity (Wildman–Crippen MR) is 62.2 cm³/mol. The second kappa shape index (κ2) is 3.17. The van der Waals surface area contributed by atoms with Gasteiger partial charge in [0.05, 0.1) is 0 Å². The third-order valence-electron chi connectivity index (χ3n) is 2.17. The first-order valence-corrected chi connectivity index (χ1v) is 5.46. The summed E-state index contributed by atoms with van der Waals surface area (Å²) in [6.07, 6.45) is 0. The van der Waals surface area contributed by atoms with Crippen molar-refractivity contribution in [3.8, 4) is 11.4 Å². The number of nitrogens with zero attached hydrogens (tertiary/aromatic N) is 2. The van der Waals surface area contributed by atoms with Gasteiger partial charge < -0.3 is 10.7 Å². The molecule has 0 bridgehead atoms. The van der Waals surface area contributed by atoms with Gasteiger partial charge in [0.2, 0.25) is 5.95 Å². The molecule has 16 heavy (non-hydrogen) atoms. The van der Waals surface area contributed by atoms with Crippen molar-refractivity contribution in [2.75, 3.05) is 5.73 Å². The van der Waals surface area contributed by atoms with Gasteiger partial charge in [-0.2, -0.15) is 16.3 Å². The van der Waals surface area contributed by atoms with Gasteiger partial charge in [-0.05, 0) is 11.4 Å². The molecule has 0 aliphatic carbocycles. The maximum absolute atomic E-state index is 11.5. The van der Waals surface area contributed by atoms with Crippen LogP contribution < -0.4 is 11.3 Å². The first-order valence-electron chi connectivity index (χ1n) is 4.52. The lowest BCUT2D eigenvalue weighted by atomic mass is 10.3. The summed E-state index contributed by atoms with van der Waals surface area (Å²) in [6.45, 7) is 0. The molecule has 0 radical (unpaired) electrons. The number of hydrogen-bond acceptors (Lipinski definition) is 5. The van der Waals surface area contributed by atoms with Crippen molar-refractivity contribution in [1.29, 1.82) is 0 Å². The first kappa shape index (κ1) is 9.10. The van der Waals surface area contributed by atoms with E-state index < -0.39 is 0 Å². The van der Waals surface area contributed by atoms with E-state index in [1.165, 1.54) is 0 Å². The number of aromatic amines is 2. The fourth-order valence-corrected chi connectivity index (χ4v) is 2.10. The summed E-state index contributed by atoms with van der Waals surface area (Å²) in [5.74, 6) is 0.695. The van der Waals surface area contributed by atoms with Crippen LogP contribution in [0.5, 0.6) is 0 Å². The number of hydrogen-bond donors (Lipinski definition) is 3. The molecule has 80 valence electrons. The van der Waals surface area contributed by atoms with Crippen molar-refractivity contribution in [3.05, 3.63) is 27.2 Å². The number of rotatable bonds is 1. The molecule has 0 unspecified atom stereocenters. The number of anilines is 1. The van der Waals surface area contributed by atoms with Gasteiger partial charge in [-0.3, -0.25) is 9.78 Å². The number of aromatic nitrogens is 4. The normalized spacial score (nSPS) is 11.0. The molecule has 0 aromatic carbocycles. The average Bonchev–Trinajstić information content (AvgIpc) is 2.82. The van der Waals surface area contributed by atoms with E-state index in [0.717, 1.165) is 5.56 Å². The van der Waals surface area contributed by atoms with E-state index in [1.54, 1.807) is 11.3 Å². The van der Waals surface area contributed by atoms with Gasteiger partial charge in [0.1, 0.15) is 5.82 Å². The highest BCUT2D eigenvalue weighted by molar-refractivity contribution is 7.08. The Labute approximate surface area is 93.2 Å². The van der Waals surface area contributed by atoms with Crippen LogP contribution in [0.3, 0.4) is 0 Å². The Bertz CT molecular complexity index is 696.